The molecule has 0 spiro atoms. The molecule has 0 aromatic heterocycles. The number of nitrogens with one attached hydrogen (secondary N) is 2. The molecule has 2 aromatic carbocycles. The summed E-state index contributed by atoms with van der Waals surface area (Å²) in [7, 11) is 0. The van der Waals surface area contributed by atoms with Gasteiger partial charge in [0.2, 0.25) is 0 Å². The van der Waals surface area contributed by atoms with Gasteiger partial charge in [0, 0.05) is 22.9 Å². The summed E-state index contributed by atoms with van der Waals surface area (Å²) < 4.78 is 6.01. The minimum Gasteiger partial charge on any atom is -0.493 e. The normalized spacial score (nSPS) is 20.9. The van der Waals surface area contributed by atoms with Crippen LogP contribution in [0.15, 0.2) is 36.4 Å². The van der Waals surface area contributed by atoms with E-state index in [0.717, 1.165) is 47.8 Å². The van der Waals surface area contributed by atoms with E-state index in [0.29, 0.717) is 13.2 Å². The van der Waals surface area contributed by atoms with Crippen molar-refractivity contribution < 1.29 is 14.6 Å². The molecule has 1 unspecified atom stereocenters. The van der Waals surface area contributed by atoms with Gasteiger partial charge in [-0.05, 0) is 31.1 Å². The van der Waals surface area contributed by atoms with Crippen LogP contribution in [-0.4, -0.2) is 30.9 Å². The Kier molecular flexibility index (Phi) is 4.25. The van der Waals surface area contributed by atoms with E-state index in [4.69, 9.17) is 4.74 Å². The van der Waals surface area contributed by atoms with Crippen molar-refractivity contribution in [3.8, 4) is 5.75 Å². The number of benzene rings is 2. The lowest BCUT2D eigenvalue weighted by Gasteiger charge is -2.21. The number of carbonyl (C=O) groups is 1. The molecule has 3 N–H and O–H groups in total. The molecule has 1 fully saturated rings. The number of amides is 2. The predicted molar refractivity (Wildman–Crippen MR) is 96.7 cm³/mol. The van der Waals surface area contributed by atoms with E-state index in [2.05, 4.69) is 34.9 Å². The second-order valence-electron chi connectivity index (χ2n) is 7.23. The Hall–Kier alpha value is -2.27. The van der Waals surface area contributed by atoms with E-state index in [9.17, 15) is 9.90 Å². The van der Waals surface area contributed by atoms with Gasteiger partial charge in [-0.2, -0.15) is 0 Å². The Morgan fingerprint density at radius 3 is 2.88 bits per heavy atom. The first-order chi connectivity index (χ1) is 12.2. The number of aliphatic hydroxyl groups is 1. The Labute approximate surface area is 147 Å². The average molecular weight is 340 g/mol. The van der Waals surface area contributed by atoms with E-state index in [1.807, 2.05) is 12.1 Å². The maximum Gasteiger partial charge on any atom is 0.315 e. The lowest BCUT2D eigenvalue weighted by atomic mass is 9.98. The lowest BCUT2D eigenvalue weighted by Crippen LogP contribution is -2.41. The van der Waals surface area contributed by atoms with Crippen LogP contribution in [0.4, 0.5) is 4.79 Å². The minimum absolute atomic E-state index is 0.0635. The number of rotatable bonds is 4. The van der Waals surface area contributed by atoms with E-state index >= 15 is 0 Å². The fraction of sp³-hybridized carbons (Fsp3) is 0.450. The third-order valence-corrected chi connectivity index (χ3v) is 5.39. The average Bonchev–Trinajstić information content (AvgIpc) is 3.44. The molecule has 2 aliphatic rings. The Morgan fingerprint density at radius 2 is 2.08 bits per heavy atom. The van der Waals surface area contributed by atoms with Crippen LogP contribution in [0.5, 0.6) is 5.75 Å². The highest BCUT2D eigenvalue weighted by Gasteiger charge is 2.42. The number of aliphatic hydroxyl groups excluding tert-OH is 1. The second kappa shape index (κ2) is 6.56. The highest BCUT2D eigenvalue weighted by molar-refractivity contribution is 5.90. The number of carbonyl (C=O) groups excluding carboxylic acids is 1. The molecule has 2 aromatic rings. The number of hydrogen-bond acceptors (Lipinski definition) is 3. The van der Waals surface area contributed by atoms with Crippen LogP contribution in [0.3, 0.4) is 0 Å². The van der Waals surface area contributed by atoms with Crippen molar-refractivity contribution in [2.75, 3.05) is 19.8 Å². The van der Waals surface area contributed by atoms with E-state index in [1.165, 1.54) is 0 Å². The third kappa shape index (κ3) is 3.29. The summed E-state index contributed by atoms with van der Waals surface area (Å²) in [4.78, 5) is 12.3. The van der Waals surface area contributed by atoms with Crippen molar-refractivity contribution in [3.05, 3.63) is 42.0 Å². The van der Waals surface area contributed by atoms with Crippen LogP contribution in [0.25, 0.3) is 10.8 Å². The fourth-order valence-electron chi connectivity index (χ4n) is 3.51. The van der Waals surface area contributed by atoms with Crippen LogP contribution >= 0.6 is 0 Å². The topological polar surface area (TPSA) is 70.6 Å². The molecular weight excluding hydrogens is 316 g/mol. The number of hydrogen-bond donors (Lipinski definition) is 3. The lowest BCUT2D eigenvalue weighted by molar-refractivity contribution is 0.201. The molecule has 4 rings (SSSR count). The van der Waals surface area contributed by atoms with Gasteiger partial charge in [-0.3, -0.25) is 0 Å². The quantitative estimate of drug-likeness (QED) is 0.801. The van der Waals surface area contributed by atoms with Gasteiger partial charge in [0.1, 0.15) is 5.75 Å². The van der Waals surface area contributed by atoms with Crippen LogP contribution in [0, 0.1) is 5.41 Å². The van der Waals surface area contributed by atoms with E-state index in [-0.39, 0.29) is 24.1 Å². The summed E-state index contributed by atoms with van der Waals surface area (Å²) in [6.45, 7) is 1.33. The Balaban J connectivity index is 1.53. The van der Waals surface area contributed by atoms with Crippen molar-refractivity contribution in [2.45, 2.75) is 31.7 Å². The van der Waals surface area contributed by atoms with Gasteiger partial charge in [0.15, 0.2) is 0 Å². The molecular formula is C20H24N2O3. The summed E-state index contributed by atoms with van der Waals surface area (Å²) in [5.41, 5.74) is 0.951. The molecule has 0 bridgehead atoms. The van der Waals surface area contributed by atoms with Crippen molar-refractivity contribution in [3.63, 3.8) is 0 Å². The van der Waals surface area contributed by atoms with Crippen LogP contribution in [0.2, 0.25) is 0 Å². The predicted octanol–water partition coefficient (Wildman–Crippen LogP) is 3.13. The Bertz CT molecular complexity index is 786. The van der Waals surface area contributed by atoms with E-state index in [1.54, 1.807) is 0 Å². The van der Waals surface area contributed by atoms with Crippen LogP contribution in [0.1, 0.15) is 37.3 Å². The molecule has 1 atom stereocenters. The van der Waals surface area contributed by atoms with Gasteiger partial charge >= 0.3 is 6.03 Å². The summed E-state index contributed by atoms with van der Waals surface area (Å²) in [5.74, 6) is 0.884. The minimum atomic E-state index is -0.175. The molecule has 1 saturated carbocycles. The molecule has 5 heteroatoms. The van der Waals surface area contributed by atoms with Gasteiger partial charge < -0.3 is 20.5 Å². The maximum absolute atomic E-state index is 12.3. The van der Waals surface area contributed by atoms with Crippen LogP contribution < -0.4 is 15.4 Å². The highest BCUT2D eigenvalue weighted by Crippen LogP contribution is 2.44. The summed E-state index contributed by atoms with van der Waals surface area (Å²) in [5, 5.41) is 17.6. The summed E-state index contributed by atoms with van der Waals surface area (Å²) in [6, 6.07) is 12.1. The van der Waals surface area contributed by atoms with Crippen molar-refractivity contribution in [2.24, 2.45) is 5.41 Å². The molecule has 0 saturated heterocycles. The van der Waals surface area contributed by atoms with Crippen molar-refractivity contribution in [1.82, 2.24) is 10.6 Å². The van der Waals surface area contributed by atoms with Gasteiger partial charge in [-0.1, -0.05) is 36.4 Å². The van der Waals surface area contributed by atoms with Gasteiger partial charge in [0.25, 0.3) is 0 Å². The largest absolute Gasteiger partial charge is 0.493 e. The standard InChI is InChI=1S/C20H24N2O3/c23-13-20(9-10-20)12-21-19(24)22-17-6-3-11-25-18-15-5-2-1-4-14(15)7-8-16(17)18/h1-2,4-5,7-8,17,23H,3,6,9-13H2,(H2,21,22,24). The molecule has 5 nitrogen and oxygen atoms in total. The van der Waals surface area contributed by atoms with Crippen molar-refractivity contribution >= 4 is 16.8 Å². The number of ether oxygens (including phenoxy) is 1. The molecule has 2 amide bonds. The van der Waals surface area contributed by atoms with Gasteiger partial charge in [0.05, 0.1) is 19.3 Å². The fourth-order valence-corrected chi connectivity index (χ4v) is 3.51. The first-order valence-corrected chi connectivity index (χ1v) is 9.00. The molecule has 132 valence electrons. The zero-order valence-corrected chi connectivity index (χ0v) is 14.3. The molecule has 25 heavy (non-hydrogen) atoms. The van der Waals surface area contributed by atoms with Crippen LogP contribution in [-0.2, 0) is 0 Å². The second-order valence-corrected chi connectivity index (χ2v) is 7.23. The number of urea groups is 1. The maximum atomic E-state index is 12.3. The highest BCUT2D eigenvalue weighted by atomic mass is 16.5. The SMILES string of the molecule is O=C(NCC1(CO)CC1)NC1CCCOc2c1ccc1ccccc21. The zero-order chi connectivity index (χ0) is 17.3. The Morgan fingerprint density at radius 1 is 1.24 bits per heavy atom. The molecule has 1 aliphatic carbocycles. The van der Waals surface area contributed by atoms with Crippen molar-refractivity contribution in [1.29, 1.82) is 0 Å². The number of fused-ring (bicyclic) bond motifs is 3. The molecule has 1 heterocycles. The smallest absolute Gasteiger partial charge is 0.315 e. The first-order valence-electron chi connectivity index (χ1n) is 9.00. The molecule has 0 radical (unpaired) electrons. The third-order valence-electron chi connectivity index (χ3n) is 5.39. The summed E-state index contributed by atoms with van der Waals surface area (Å²) in [6.07, 6.45) is 3.71. The summed E-state index contributed by atoms with van der Waals surface area (Å²) >= 11 is 0. The molecule has 1 aliphatic heterocycles. The van der Waals surface area contributed by atoms with Gasteiger partial charge in [-0.25, -0.2) is 4.79 Å². The zero-order valence-electron chi connectivity index (χ0n) is 14.3. The van der Waals surface area contributed by atoms with Gasteiger partial charge in [-0.15, -0.1) is 0 Å². The van der Waals surface area contributed by atoms with E-state index < -0.39 is 0 Å². The first kappa shape index (κ1) is 16.2. The monoisotopic (exact) mass is 340 g/mol.